The van der Waals surface area contributed by atoms with Gasteiger partial charge in [0.15, 0.2) is 6.04 Å². The van der Waals surface area contributed by atoms with Crippen molar-refractivity contribution in [3.63, 3.8) is 0 Å². The van der Waals surface area contributed by atoms with Crippen LogP contribution < -0.4 is 5.32 Å². The van der Waals surface area contributed by atoms with Gasteiger partial charge in [-0.15, -0.1) is 0 Å². The first-order chi connectivity index (χ1) is 9.18. The van der Waals surface area contributed by atoms with Gasteiger partial charge in [0, 0.05) is 6.07 Å². The zero-order chi connectivity index (χ0) is 13.4. The van der Waals surface area contributed by atoms with Gasteiger partial charge in [0.1, 0.15) is 5.82 Å². The Bertz CT molecular complexity index is 660. The highest BCUT2D eigenvalue weighted by Crippen LogP contribution is 2.35. The number of rotatable bonds is 2. The number of anilines is 1. The number of nitro groups is 1. The Balaban J connectivity index is 2.21. The lowest BCUT2D eigenvalue weighted by molar-refractivity contribution is -0.432. The number of nitrogens with zero attached hydrogens (tertiary/aromatic N) is 3. The number of aromatic nitrogens is 2. The minimum Gasteiger partial charge on any atom is -0.339 e. The lowest BCUT2D eigenvalue weighted by Crippen LogP contribution is -2.27. The summed E-state index contributed by atoms with van der Waals surface area (Å²) in [5.41, 5.74) is 1.52. The highest BCUT2D eigenvalue weighted by molar-refractivity contribution is 5.49. The van der Waals surface area contributed by atoms with Crippen molar-refractivity contribution >= 4 is 5.82 Å². The van der Waals surface area contributed by atoms with E-state index < -0.39 is 6.04 Å². The van der Waals surface area contributed by atoms with Gasteiger partial charge in [-0.3, -0.25) is 10.1 Å². The zero-order valence-electron chi connectivity index (χ0n) is 10.3. The predicted molar refractivity (Wildman–Crippen MR) is 70.1 cm³/mol. The normalized spacial score (nSPS) is 17.8. The molecule has 0 fully saturated rings. The maximum Gasteiger partial charge on any atom is 0.293 e. The molecule has 1 aliphatic rings. The molecule has 96 valence electrons. The fraction of sp³-hybridized carbons (Fsp3) is 0.154. The monoisotopic (exact) mass is 256 g/mol. The van der Waals surface area contributed by atoms with Crippen molar-refractivity contribution in [1.29, 1.82) is 0 Å². The number of hydrogen-bond acceptors (Lipinski definition) is 4. The average molecular weight is 256 g/mol. The second kappa shape index (κ2) is 4.24. The molecule has 1 atom stereocenters. The second-order valence-corrected chi connectivity index (χ2v) is 4.37. The van der Waals surface area contributed by atoms with Gasteiger partial charge in [-0.2, -0.15) is 5.10 Å². The van der Waals surface area contributed by atoms with Crippen molar-refractivity contribution in [2.75, 3.05) is 5.32 Å². The van der Waals surface area contributed by atoms with Crippen molar-refractivity contribution in [3.05, 3.63) is 69.7 Å². The van der Waals surface area contributed by atoms with Gasteiger partial charge in [-0.25, -0.2) is 4.68 Å². The molecule has 0 spiro atoms. The van der Waals surface area contributed by atoms with Crippen LogP contribution in [0.4, 0.5) is 5.82 Å². The summed E-state index contributed by atoms with van der Waals surface area (Å²) in [5.74, 6) is 0.761. The summed E-state index contributed by atoms with van der Waals surface area (Å²) >= 11 is 0. The van der Waals surface area contributed by atoms with E-state index in [1.165, 1.54) is 0 Å². The summed E-state index contributed by atoms with van der Waals surface area (Å²) in [6.45, 7) is 1.71. The molecular weight excluding hydrogens is 244 g/mol. The van der Waals surface area contributed by atoms with E-state index in [9.17, 15) is 10.1 Å². The van der Waals surface area contributed by atoms with E-state index in [1.54, 1.807) is 23.9 Å². The Morgan fingerprint density at radius 1 is 1.32 bits per heavy atom. The van der Waals surface area contributed by atoms with Gasteiger partial charge in [0.05, 0.1) is 16.8 Å². The van der Waals surface area contributed by atoms with Gasteiger partial charge in [0.2, 0.25) is 0 Å². The zero-order valence-corrected chi connectivity index (χ0v) is 10.3. The third kappa shape index (κ3) is 1.77. The van der Waals surface area contributed by atoms with Gasteiger partial charge in [0.25, 0.3) is 5.70 Å². The molecule has 0 saturated heterocycles. The fourth-order valence-electron chi connectivity index (χ4n) is 2.37. The standard InChI is InChI=1S/C13H12N4O2/c1-9-12(17(18)19)13(10-5-3-2-4-6-10)16-11(15-9)7-8-14-16/h2-8,13,15H,1H3. The lowest BCUT2D eigenvalue weighted by atomic mass is 10.0. The Labute approximate surface area is 109 Å². The molecule has 6 heteroatoms. The molecule has 0 bridgehead atoms. The van der Waals surface area contributed by atoms with E-state index in [-0.39, 0.29) is 10.6 Å². The first kappa shape index (κ1) is 11.5. The number of nitrogens with one attached hydrogen (secondary N) is 1. The first-order valence-electron chi connectivity index (χ1n) is 5.89. The molecule has 19 heavy (non-hydrogen) atoms. The van der Waals surface area contributed by atoms with Gasteiger partial charge in [-0.05, 0) is 12.5 Å². The fourth-order valence-corrected chi connectivity index (χ4v) is 2.37. The average Bonchev–Trinajstić information content (AvgIpc) is 2.85. The smallest absolute Gasteiger partial charge is 0.293 e. The molecule has 0 radical (unpaired) electrons. The minimum absolute atomic E-state index is 0.127. The number of allylic oxidation sites excluding steroid dienone is 2. The highest BCUT2D eigenvalue weighted by atomic mass is 16.6. The quantitative estimate of drug-likeness (QED) is 0.661. The van der Waals surface area contributed by atoms with Gasteiger partial charge >= 0.3 is 0 Å². The number of benzene rings is 1. The van der Waals surface area contributed by atoms with Crippen LogP contribution in [0.2, 0.25) is 0 Å². The van der Waals surface area contributed by atoms with E-state index in [2.05, 4.69) is 10.4 Å². The summed E-state index contributed by atoms with van der Waals surface area (Å²) in [6, 6.07) is 10.7. The van der Waals surface area contributed by atoms with Gasteiger partial charge < -0.3 is 5.32 Å². The lowest BCUT2D eigenvalue weighted by Gasteiger charge is -2.24. The molecule has 2 aromatic rings. The molecule has 6 nitrogen and oxygen atoms in total. The largest absolute Gasteiger partial charge is 0.339 e. The van der Waals surface area contributed by atoms with Crippen molar-refractivity contribution in [1.82, 2.24) is 9.78 Å². The van der Waals surface area contributed by atoms with Crippen LogP contribution in [0.3, 0.4) is 0 Å². The topological polar surface area (TPSA) is 73.0 Å². The molecule has 1 N–H and O–H groups in total. The maximum absolute atomic E-state index is 11.3. The third-order valence-electron chi connectivity index (χ3n) is 3.19. The van der Waals surface area contributed by atoms with E-state index in [0.717, 1.165) is 11.4 Å². The van der Waals surface area contributed by atoms with Crippen LogP contribution in [0.15, 0.2) is 54.0 Å². The first-order valence-corrected chi connectivity index (χ1v) is 5.89. The molecule has 0 aliphatic carbocycles. The van der Waals surface area contributed by atoms with Crippen LogP contribution >= 0.6 is 0 Å². The summed E-state index contributed by atoms with van der Waals surface area (Å²) in [6.07, 6.45) is 1.63. The predicted octanol–water partition coefficient (Wildman–Crippen LogP) is 2.41. The van der Waals surface area contributed by atoms with E-state index in [1.807, 2.05) is 30.3 Å². The Kier molecular flexibility index (Phi) is 2.56. The van der Waals surface area contributed by atoms with Crippen LogP contribution in [0.25, 0.3) is 0 Å². The molecule has 1 aromatic heterocycles. The number of hydrogen-bond donors (Lipinski definition) is 1. The molecule has 1 aliphatic heterocycles. The molecule has 0 amide bonds. The summed E-state index contributed by atoms with van der Waals surface area (Å²) < 4.78 is 1.64. The molecule has 3 rings (SSSR count). The molecule has 2 heterocycles. The summed E-state index contributed by atoms with van der Waals surface area (Å²) in [4.78, 5) is 11.0. The number of fused-ring (bicyclic) bond motifs is 1. The van der Waals surface area contributed by atoms with Crippen LogP contribution in [-0.4, -0.2) is 14.7 Å². The van der Waals surface area contributed by atoms with Crippen LogP contribution in [0.1, 0.15) is 18.5 Å². The molecular formula is C13H12N4O2. The van der Waals surface area contributed by atoms with E-state index >= 15 is 0 Å². The highest BCUT2D eigenvalue weighted by Gasteiger charge is 2.36. The summed E-state index contributed by atoms with van der Waals surface area (Å²) in [5, 5.41) is 18.6. The maximum atomic E-state index is 11.3. The Hall–Kier alpha value is -2.63. The van der Waals surface area contributed by atoms with Crippen molar-refractivity contribution in [2.45, 2.75) is 13.0 Å². The molecule has 1 aromatic carbocycles. The van der Waals surface area contributed by atoms with Crippen molar-refractivity contribution < 1.29 is 4.92 Å². The van der Waals surface area contributed by atoms with Crippen molar-refractivity contribution in [2.24, 2.45) is 0 Å². The Morgan fingerprint density at radius 2 is 2.05 bits per heavy atom. The van der Waals surface area contributed by atoms with Crippen LogP contribution in [-0.2, 0) is 0 Å². The minimum atomic E-state index is -0.498. The van der Waals surface area contributed by atoms with Gasteiger partial charge in [-0.1, -0.05) is 30.3 Å². The SMILES string of the molecule is CC1=C([N+](=O)[O-])C(c2ccccc2)n2nccc2N1. The van der Waals surface area contributed by atoms with Crippen LogP contribution in [0.5, 0.6) is 0 Å². The molecule has 0 saturated carbocycles. The second-order valence-electron chi connectivity index (χ2n) is 4.37. The van der Waals surface area contributed by atoms with E-state index in [4.69, 9.17) is 0 Å². The Morgan fingerprint density at radius 3 is 2.74 bits per heavy atom. The van der Waals surface area contributed by atoms with Crippen molar-refractivity contribution in [3.8, 4) is 0 Å². The van der Waals surface area contributed by atoms with Crippen LogP contribution in [0, 0.1) is 10.1 Å². The molecule has 1 unspecified atom stereocenters. The van der Waals surface area contributed by atoms with E-state index in [0.29, 0.717) is 5.70 Å². The summed E-state index contributed by atoms with van der Waals surface area (Å²) in [7, 11) is 0. The third-order valence-corrected chi connectivity index (χ3v) is 3.19.